The van der Waals surface area contributed by atoms with Crippen LogP contribution in [0, 0.1) is 11.3 Å². The fraction of sp³-hybridized carbons (Fsp3) is 0.125. The van der Waals surface area contributed by atoms with Gasteiger partial charge < -0.3 is 14.5 Å². The second-order valence-corrected chi connectivity index (χ2v) is 5.93. The molecule has 0 aliphatic rings. The summed E-state index contributed by atoms with van der Waals surface area (Å²) in [6.45, 7) is 2.41. The van der Waals surface area contributed by atoms with Gasteiger partial charge in [-0.25, -0.2) is 0 Å². The number of hydrogen-bond donors (Lipinski definition) is 1. The number of anilines is 1. The number of nitrogens with one attached hydrogen (secondary N) is 1. The van der Waals surface area contributed by atoms with E-state index in [0.29, 0.717) is 32.9 Å². The zero-order valence-corrected chi connectivity index (χ0v) is 15.3. The Balaban J connectivity index is 2.17. The Kier molecular flexibility index (Phi) is 6.02. The van der Waals surface area contributed by atoms with E-state index in [4.69, 9.17) is 9.15 Å². The summed E-state index contributed by atoms with van der Waals surface area (Å²) in [6, 6.07) is 10.5. The molecule has 0 bridgehead atoms. The van der Waals surface area contributed by atoms with Gasteiger partial charge in [0.25, 0.3) is 5.91 Å². The van der Waals surface area contributed by atoms with Crippen LogP contribution in [0.5, 0.6) is 5.75 Å². The van der Waals surface area contributed by atoms with Crippen LogP contribution in [0.4, 0.5) is 5.69 Å². The highest BCUT2D eigenvalue weighted by atomic mass is 79.9. The van der Waals surface area contributed by atoms with Crippen LogP contribution in [0.3, 0.4) is 0 Å². The molecule has 1 heterocycles. The van der Waals surface area contributed by atoms with Crippen LogP contribution in [0.1, 0.15) is 12.7 Å². The van der Waals surface area contributed by atoms with E-state index in [0.717, 1.165) is 0 Å². The predicted octanol–water partition coefficient (Wildman–Crippen LogP) is 4.75. The van der Waals surface area contributed by atoms with Gasteiger partial charge >= 0.3 is 0 Å². The smallest absolute Gasteiger partial charge is 0.266 e. The number of halogens is 2. The van der Waals surface area contributed by atoms with Gasteiger partial charge in [0.1, 0.15) is 23.2 Å². The molecule has 1 aromatic heterocycles. The number of benzene rings is 1. The lowest BCUT2D eigenvalue weighted by Crippen LogP contribution is -2.13. The van der Waals surface area contributed by atoms with Gasteiger partial charge in [-0.3, -0.25) is 4.79 Å². The molecule has 2 aromatic rings. The van der Waals surface area contributed by atoms with Gasteiger partial charge in [0.05, 0.1) is 11.1 Å². The molecule has 0 aliphatic carbocycles. The average Bonchev–Trinajstić information content (AvgIpc) is 2.83. The second-order valence-electron chi connectivity index (χ2n) is 4.36. The van der Waals surface area contributed by atoms with Crippen molar-refractivity contribution in [3.05, 3.63) is 50.8 Å². The molecule has 0 atom stereocenters. The van der Waals surface area contributed by atoms with Gasteiger partial charge in [-0.15, -0.1) is 0 Å². The molecule has 1 N–H and O–H groups in total. The van der Waals surface area contributed by atoms with Crippen LogP contribution >= 0.6 is 31.9 Å². The number of ether oxygens (including phenoxy) is 1. The minimum absolute atomic E-state index is 0.0689. The molecule has 0 fully saturated rings. The maximum Gasteiger partial charge on any atom is 0.266 e. The first kappa shape index (κ1) is 17.3. The van der Waals surface area contributed by atoms with Crippen LogP contribution in [0.25, 0.3) is 6.08 Å². The molecule has 0 unspecified atom stereocenters. The second kappa shape index (κ2) is 7.99. The first-order valence-electron chi connectivity index (χ1n) is 6.64. The van der Waals surface area contributed by atoms with E-state index in [1.54, 1.807) is 30.3 Å². The summed E-state index contributed by atoms with van der Waals surface area (Å²) in [7, 11) is 0. The molecule has 0 aliphatic heterocycles. The van der Waals surface area contributed by atoms with Crippen molar-refractivity contribution in [3.63, 3.8) is 0 Å². The number of carbonyl (C=O) groups is 1. The van der Waals surface area contributed by atoms with Crippen LogP contribution in [0.2, 0.25) is 0 Å². The van der Waals surface area contributed by atoms with Crippen molar-refractivity contribution in [2.24, 2.45) is 0 Å². The number of furan rings is 1. The highest BCUT2D eigenvalue weighted by Gasteiger charge is 2.12. The molecule has 1 aromatic carbocycles. The Morgan fingerprint density at radius 2 is 2.22 bits per heavy atom. The molecule has 0 radical (unpaired) electrons. The van der Waals surface area contributed by atoms with E-state index in [-0.39, 0.29) is 5.57 Å². The number of hydrogen-bond acceptors (Lipinski definition) is 4. The molecule has 23 heavy (non-hydrogen) atoms. The first-order chi connectivity index (χ1) is 11.0. The predicted molar refractivity (Wildman–Crippen MR) is 93.9 cm³/mol. The molecular weight excluding hydrogens is 428 g/mol. The summed E-state index contributed by atoms with van der Waals surface area (Å²) in [5.74, 6) is 0.509. The van der Waals surface area contributed by atoms with Crippen LogP contribution < -0.4 is 10.1 Å². The monoisotopic (exact) mass is 438 g/mol. The van der Waals surface area contributed by atoms with Crippen molar-refractivity contribution < 1.29 is 13.9 Å². The maximum atomic E-state index is 12.2. The summed E-state index contributed by atoms with van der Waals surface area (Å²) in [5.41, 5.74) is 0.476. The third kappa shape index (κ3) is 4.71. The first-order valence-corrected chi connectivity index (χ1v) is 8.23. The van der Waals surface area contributed by atoms with Gasteiger partial charge in [0.15, 0.2) is 4.67 Å². The third-order valence-corrected chi connectivity index (χ3v) is 4.43. The van der Waals surface area contributed by atoms with Crippen molar-refractivity contribution in [1.29, 1.82) is 5.26 Å². The van der Waals surface area contributed by atoms with Gasteiger partial charge in [0.2, 0.25) is 0 Å². The summed E-state index contributed by atoms with van der Waals surface area (Å²) < 4.78 is 11.9. The summed E-state index contributed by atoms with van der Waals surface area (Å²) in [6.07, 6.45) is 1.37. The standard InChI is InChI=1S/C16H12Br2N2O3/c1-2-22-12-5-3-4-11(7-12)20-16(21)10(9-19)6-13-8-14(17)15(18)23-13/h3-8H,2H2,1H3,(H,20,21)/b10-6-. The molecule has 7 heteroatoms. The minimum atomic E-state index is -0.523. The van der Waals surface area contributed by atoms with Gasteiger partial charge in [-0.2, -0.15) is 5.26 Å². The number of rotatable bonds is 5. The summed E-state index contributed by atoms with van der Waals surface area (Å²) in [4.78, 5) is 12.2. The van der Waals surface area contributed by atoms with Crippen molar-refractivity contribution in [2.45, 2.75) is 6.92 Å². The highest BCUT2D eigenvalue weighted by molar-refractivity contribution is 9.13. The number of nitriles is 1. The molecular formula is C16H12Br2N2O3. The van der Waals surface area contributed by atoms with Crippen LogP contribution in [0.15, 0.2) is 49.5 Å². The van der Waals surface area contributed by atoms with Gasteiger partial charge in [0, 0.05) is 17.8 Å². The van der Waals surface area contributed by atoms with Crippen LogP contribution in [-0.4, -0.2) is 12.5 Å². The lowest BCUT2D eigenvalue weighted by atomic mass is 10.2. The van der Waals surface area contributed by atoms with Gasteiger partial charge in [-0.05, 0) is 57.0 Å². The molecule has 0 saturated carbocycles. The quantitative estimate of drug-likeness (QED) is 0.538. The van der Waals surface area contributed by atoms with E-state index >= 15 is 0 Å². The molecule has 118 valence electrons. The highest BCUT2D eigenvalue weighted by Crippen LogP contribution is 2.28. The average molecular weight is 440 g/mol. The zero-order chi connectivity index (χ0) is 16.8. The fourth-order valence-corrected chi connectivity index (χ4v) is 2.36. The zero-order valence-electron chi connectivity index (χ0n) is 12.1. The van der Waals surface area contributed by atoms with Gasteiger partial charge in [-0.1, -0.05) is 6.07 Å². The summed E-state index contributed by atoms with van der Waals surface area (Å²) >= 11 is 6.48. The maximum absolute atomic E-state index is 12.2. The fourth-order valence-electron chi connectivity index (χ4n) is 1.75. The molecule has 1 amide bonds. The molecule has 0 spiro atoms. The SMILES string of the molecule is CCOc1cccc(NC(=O)/C(C#N)=C\c2cc(Br)c(Br)o2)c1. The van der Waals surface area contributed by atoms with E-state index in [1.165, 1.54) is 6.08 Å². The topological polar surface area (TPSA) is 75.3 Å². The number of nitrogens with zero attached hydrogens (tertiary/aromatic N) is 1. The van der Waals surface area contributed by atoms with Crippen LogP contribution in [-0.2, 0) is 4.79 Å². The largest absolute Gasteiger partial charge is 0.494 e. The van der Waals surface area contributed by atoms with E-state index in [1.807, 2.05) is 13.0 Å². The van der Waals surface area contributed by atoms with E-state index in [9.17, 15) is 10.1 Å². The Morgan fingerprint density at radius 1 is 1.43 bits per heavy atom. The van der Waals surface area contributed by atoms with E-state index in [2.05, 4.69) is 37.2 Å². The van der Waals surface area contributed by atoms with Crippen molar-refractivity contribution in [2.75, 3.05) is 11.9 Å². The van der Waals surface area contributed by atoms with E-state index < -0.39 is 5.91 Å². The molecule has 0 saturated heterocycles. The molecule has 2 rings (SSSR count). The minimum Gasteiger partial charge on any atom is -0.494 e. The lowest BCUT2D eigenvalue weighted by Gasteiger charge is -2.07. The number of carbonyl (C=O) groups excluding carboxylic acids is 1. The molecule has 5 nitrogen and oxygen atoms in total. The van der Waals surface area contributed by atoms with Crippen molar-refractivity contribution in [3.8, 4) is 11.8 Å². The third-order valence-electron chi connectivity index (χ3n) is 2.72. The van der Waals surface area contributed by atoms with Crippen molar-refractivity contribution >= 4 is 49.5 Å². The Labute approximate surface area is 150 Å². The Hall–Kier alpha value is -2.04. The Morgan fingerprint density at radius 3 is 2.83 bits per heavy atom. The Bertz CT molecular complexity index is 771. The van der Waals surface area contributed by atoms with Crippen molar-refractivity contribution in [1.82, 2.24) is 0 Å². The number of amides is 1. The normalized spacial score (nSPS) is 11.0. The lowest BCUT2D eigenvalue weighted by molar-refractivity contribution is -0.112. The summed E-state index contributed by atoms with van der Waals surface area (Å²) in [5, 5.41) is 11.8.